The molecule has 16 heavy (non-hydrogen) atoms. The molecule has 0 saturated carbocycles. The Morgan fingerprint density at radius 3 is 2.69 bits per heavy atom. The van der Waals surface area contributed by atoms with E-state index in [0.717, 1.165) is 19.4 Å². The van der Waals surface area contributed by atoms with Crippen LogP contribution in [0.15, 0.2) is 0 Å². The van der Waals surface area contributed by atoms with Crippen LogP contribution in [0.3, 0.4) is 0 Å². The van der Waals surface area contributed by atoms with Crippen molar-refractivity contribution >= 4 is 11.8 Å². The second kappa shape index (κ2) is 6.51. The fourth-order valence-corrected chi connectivity index (χ4v) is 1.92. The molecule has 0 bridgehead atoms. The van der Waals surface area contributed by atoms with Gasteiger partial charge in [0, 0.05) is 19.5 Å². The van der Waals surface area contributed by atoms with Crippen molar-refractivity contribution in [3.8, 4) is 0 Å². The molecule has 0 aromatic rings. The molecule has 1 rings (SSSR count). The summed E-state index contributed by atoms with van der Waals surface area (Å²) in [6, 6.07) is 0. The van der Waals surface area contributed by atoms with Crippen LogP contribution in [0.25, 0.3) is 0 Å². The maximum atomic E-state index is 11.8. The predicted octanol–water partition coefficient (Wildman–Crippen LogP) is 1.06. The third kappa shape index (κ3) is 3.83. The number of hydrogen-bond donors (Lipinski definition) is 2. The van der Waals surface area contributed by atoms with E-state index in [1.54, 1.807) is 0 Å². The summed E-state index contributed by atoms with van der Waals surface area (Å²) in [5.41, 5.74) is 0. The van der Waals surface area contributed by atoms with Gasteiger partial charge in [-0.1, -0.05) is 26.7 Å². The summed E-state index contributed by atoms with van der Waals surface area (Å²) in [6.45, 7) is 5.53. The quantitative estimate of drug-likeness (QED) is 0.736. The van der Waals surface area contributed by atoms with Crippen molar-refractivity contribution < 1.29 is 9.59 Å². The van der Waals surface area contributed by atoms with E-state index in [4.69, 9.17) is 0 Å². The highest BCUT2D eigenvalue weighted by Crippen LogP contribution is 2.11. The van der Waals surface area contributed by atoms with Crippen molar-refractivity contribution in [3.05, 3.63) is 0 Å². The molecule has 0 aliphatic carbocycles. The van der Waals surface area contributed by atoms with E-state index in [9.17, 15) is 9.59 Å². The zero-order valence-corrected chi connectivity index (χ0v) is 10.2. The van der Waals surface area contributed by atoms with Gasteiger partial charge in [-0.05, 0) is 12.3 Å². The smallest absolute Gasteiger partial charge is 0.224 e. The monoisotopic (exact) mass is 226 g/mol. The van der Waals surface area contributed by atoms with Gasteiger partial charge >= 0.3 is 0 Å². The Kier molecular flexibility index (Phi) is 5.29. The molecule has 0 aromatic carbocycles. The maximum absolute atomic E-state index is 11.8. The SMILES string of the molecule is CCC(CC)CNC(=O)C1CCC(=O)NC1. The molecule has 1 unspecified atom stereocenters. The second-order valence-corrected chi connectivity index (χ2v) is 4.47. The van der Waals surface area contributed by atoms with Gasteiger partial charge < -0.3 is 10.6 Å². The van der Waals surface area contributed by atoms with Crippen LogP contribution < -0.4 is 10.6 Å². The number of nitrogens with one attached hydrogen (secondary N) is 2. The zero-order chi connectivity index (χ0) is 12.0. The minimum Gasteiger partial charge on any atom is -0.356 e. The molecule has 1 atom stereocenters. The van der Waals surface area contributed by atoms with Crippen molar-refractivity contribution in [2.75, 3.05) is 13.1 Å². The van der Waals surface area contributed by atoms with Crippen molar-refractivity contribution in [1.29, 1.82) is 0 Å². The van der Waals surface area contributed by atoms with E-state index in [1.165, 1.54) is 0 Å². The van der Waals surface area contributed by atoms with Crippen LogP contribution in [0.5, 0.6) is 0 Å². The summed E-state index contributed by atoms with van der Waals surface area (Å²) in [5, 5.41) is 5.71. The average molecular weight is 226 g/mol. The van der Waals surface area contributed by atoms with Gasteiger partial charge in [-0.3, -0.25) is 9.59 Å². The molecule has 0 radical (unpaired) electrons. The lowest BCUT2D eigenvalue weighted by atomic mass is 9.97. The Morgan fingerprint density at radius 1 is 1.50 bits per heavy atom. The van der Waals surface area contributed by atoms with Gasteiger partial charge in [-0.25, -0.2) is 0 Å². The van der Waals surface area contributed by atoms with Gasteiger partial charge in [0.05, 0.1) is 5.92 Å². The topological polar surface area (TPSA) is 58.2 Å². The van der Waals surface area contributed by atoms with Gasteiger partial charge in [0.2, 0.25) is 11.8 Å². The standard InChI is InChI=1S/C12H22N2O2/c1-3-9(4-2)7-14-12(16)10-5-6-11(15)13-8-10/h9-10H,3-8H2,1-2H3,(H,13,15)(H,14,16). The Balaban J connectivity index is 2.27. The summed E-state index contributed by atoms with van der Waals surface area (Å²) >= 11 is 0. The zero-order valence-electron chi connectivity index (χ0n) is 10.2. The van der Waals surface area contributed by atoms with E-state index in [1.807, 2.05) is 0 Å². The first kappa shape index (κ1) is 13.0. The van der Waals surface area contributed by atoms with E-state index >= 15 is 0 Å². The first-order valence-electron chi connectivity index (χ1n) is 6.21. The molecule has 1 aliphatic rings. The molecule has 92 valence electrons. The van der Waals surface area contributed by atoms with Gasteiger partial charge in [0.15, 0.2) is 0 Å². The number of hydrogen-bond acceptors (Lipinski definition) is 2. The molecule has 2 amide bonds. The minimum atomic E-state index is -0.0351. The Morgan fingerprint density at radius 2 is 2.19 bits per heavy atom. The summed E-state index contributed by atoms with van der Waals surface area (Å²) in [5.74, 6) is 0.685. The number of rotatable bonds is 5. The van der Waals surface area contributed by atoms with Gasteiger partial charge in [0.1, 0.15) is 0 Å². The lowest BCUT2D eigenvalue weighted by Crippen LogP contribution is -2.43. The van der Waals surface area contributed by atoms with Gasteiger partial charge in [-0.15, -0.1) is 0 Å². The second-order valence-electron chi connectivity index (χ2n) is 4.47. The average Bonchev–Trinajstić information content (AvgIpc) is 2.31. The van der Waals surface area contributed by atoms with Crippen LogP contribution >= 0.6 is 0 Å². The molecule has 4 heteroatoms. The van der Waals surface area contributed by atoms with Gasteiger partial charge in [0.25, 0.3) is 0 Å². The van der Waals surface area contributed by atoms with E-state index in [-0.39, 0.29) is 17.7 Å². The summed E-state index contributed by atoms with van der Waals surface area (Å²) in [7, 11) is 0. The van der Waals surface area contributed by atoms with Crippen molar-refractivity contribution in [2.24, 2.45) is 11.8 Å². The normalized spacial score (nSPS) is 20.7. The van der Waals surface area contributed by atoms with Gasteiger partial charge in [-0.2, -0.15) is 0 Å². The fraction of sp³-hybridized carbons (Fsp3) is 0.833. The third-order valence-electron chi connectivity index (χ3n) is 3.36. The summed E-state index contributed by atoms with van der Waals surface area (Å²) < 4.78 is 0. The van der Waals surface area contributed by atoms with E-state index < -0.39 is 0 Å². The lowest BCUT2D eigenvalue weighted by molar-refractivity contribution is -0.129. The molecule has 1 saturated heterocycles. The molecule has 0 spiro atoms. The first-order valence-corrected chi connectivity index (χ1v) is 6.21. The van der Waals surface area contributed by atoms with Crippen LogP contribution in [0.4, 0.5) is 0 Å². The van der Waals surface area contributed by atoms with Crippen LogP contribution in [0.2, 0.25) is 0 Å². The summed E-state index contributed by atoms with van der Waals surface area (Å²) in [4.78, 5) is 22.7. The van der Waals surface area contributed by atoms with Crippen molar-refractivity contribution in [3.63, 3.8) is 0 Å². The fourth-order valence-electron chi connectivity index (χ4n) is 1.92. The Labute approximate surface area is 97.2 Å². The highest BCUT2D eigenvalue weighted by molar-refractivity contribution is 5.83. The van der Waals surface area contributed by atoms with Crippen LogP contribution in [0.1, 0.15) is 39.5 Å². The molecule has 1 fully saturated rings. The molecule has 4 nitrogen and oxygen atoms in total. The number of carbonyl (C=O) groups is 2. The predicted molar refractivity (Wildman–Crippen MR) is 62.8 cm³/mol. The van der Waals surface area contributed by atoms with Crippen LogP contribution in [-0.2, 0) is 9.59 Å². The van der Waals surface area contributed by atoms with Crippen molar-refractivity contribution in [2.45, 2.75) is 39.5 Å². The molecule has 1 heterocycles. The third-order valence-corrected chi connectivity index (χ3v) is 3.36. The molecular formula is C12H22N2O2. The Hall–Kier alpha value is -1.06. The molecule has 1 aliphatic heterocycles. The number of amides is 2. The largest absolute Gasteiger partial charge is 0.356 e. The van der Waals surface area contributed by atoms with Crippen LogP contribution in [-0.4, -0.2) is 24.9 Å². The highest BCUT2D eigenvalue weighted by atomic mass is 16.2. The molecular weight excluding hydrogens is 204 g/mol. The Bertz CT molecular complexity index is 239. The van der Waals surface area contributed by atoms with E-state index in [2.05, 4.69) is 24.5 Å². The number of piperidine rings is 1. The highest BCUT2D eigenvalue weighted by Gasteiger charge is 2.24. The molecule has 2 N–H and O–H groups in total. The van der Waals surface area contributed by atoms with E-state index in [0.29, 0.717) is 25.3 Å². The summed E-state index contributed by atoms with van der Waals surface area (Å²) in [6.07, 6.45) is 3.35. The molecule has 0 aromatic heterocycles. The first-order chi connectivity index (χ1) is 7.67. The lowest BCUT2D eigenvalue weighted by Gasteiger charge is -2.22. The number of carbonyl (C=O) groups excluding carboxylic acids is 2. The van der Waals surface area contributed by atoms with Crippen molar-refractivity contribution in [1.82, 2.24) is 10.6 Å². The minimum absolute atomic E-state index is 0.0351. The van der Waals surface area contributed by atoms with Crippen LogP contribution in [0, 0.1) is 11.8 Å². The maximum Gasteiger partial charge on any atom is 0.224 e.